The number of nitrogens with zero attached hydrogens (tertiary/aromatic N) is 3. The number of hydrogen-bond donors (Lipinski definition) is 1. The summed E-state index contributed by atoms with van der Waals surface area (Å²) in [6.07, 6.45) is 3.98. The Morgan fingerprint density at radius 1 is 1.53 bits per heavy atom. The zero-order valence-electron chi connectivity index (χ0n) is 9.96. The smallest absolute Gasteiger partial charge is 0.306 e. The molecule has 0 atom stereocenters. The van der Waals surface area contributed by atoms with E-state index in [1.807, 2.05) is 13.0 Å². The molecule has 5 nitrogen and oxygen atoms in total. The van der Waals surface area contributed by atoms with E-state index in [9.17, 15) is 4.79 Å². The number of carbonyl (C=O) groups is 1. The van der Waals surface area contributed by atoms with E-state index in [1.54, 1.807) is 6.20 Å². The maximum Gasteiger partial charge on any atom is 0.306 e. The number of aromatic nitrogens is 2. The summed E-state index contributed by atoms with van der Waals surface area (Å²) in [5, 5.41) is 8.93. The molecule has 1 aliphatic heterocycles. The number of rotatable bonds is 3. The van der Waals surface area contributed by atoms with E-state index >= 15 is 0 Å². The number of carboxylic acids is 1. The first kappa shape index (κ1) is 11.8. The number of aryl methyl sites for hydroxylation is 1. The van der Waals surface area contributed by atoms with Gasteiger partial charge >= 0.3 is 5.97 Å². The molecule has 0 radical (unpaired) electrons. The van der Waals surface area contributed by atoms with E-state index in [0.717, 1.165) is 31.2 Å². The minimum atomic E-state index is -0.679. The van der Waals surface area contributed by atoms with Crippen LogP contribution in [0.25, 0.3) is 0 Å². The van der Waals surface area contributed by atoms with E-state index in [1.165, 1.54) is 0 Å². The number of aliphatic carboxylic acids is 1. The highest BCUT2D eigenvalue weighted by Gasteiger charge is 2.25. The molecule has 0 aromatic carbocycles. The lowest BCUT2D eigenvalue weighted by Crippen LogP contribution is -2.36. The van der Waals surface area contributed by atoms with Crippen molar-refractivity contribution in [1.82, 2.24) is 9.97 Å². The summed E-state index contributed by atoms with van der Waals surface area (Å²) >= 11 is 0. The van der Waals surface area contributed by atoms with Gasteiger partial charge in [-0.1, -0.05) is 6.92 Å². The van der Waals surface area contributed by atoms with Gasteiger partial charge in [-0.25, -0.2) is 9.97 Å². The fourth-order valence-electron chi connectivity index (χ4n) is 2.09. The van der Waals surface area contributed by atoms with Crippen molar-refractivity contribution in [3.05, 3.63) is 18.1 Å². The van der Waals surface area contributed by atoms with E-state index < -0.39 is 5.97 Å². The van der Waals surface area contributed by atoms with Crippen LogP contribution in [0.4, 0.5) is 5.82 Å². The summed E-state index contributed by atoms with van der Waals surface area (Å²) in [6.45, 7) is 3.55. The zero-order valence-corrected chi connectivity index (χ0v) is 9.96. The molecule has 2 heterocycles. The highest BCUT2D eigenvalue weighted by Crippen LogP contribution is 2.21. The molecule has 1 saturated heterocycles. The van der Waals surface area contributed by atoms with Gasteiger partial charge in [-0.15, -0.1) is 0 Å². The molecule has 1 fully saturated rings. The predicted molar refractivity (Wildman–Crippen MR) is 64.0 cm³/mol. The Labute approximate surface area is 100 Å². The Balaban J connectivity index is 2.02. The molecule has 17 heavy (non-hydrogen) atoms. The lowest BCUT2D eigenvalue weighted by molar-refractivity contribution is -0.142. The molecule has 5 heteroatoms. The van der Waals surface area contributed by atoms with Crippen molar-refractivity contribution in [1.29, 1.82) is 0 Å². The first-order valence-corrected chi connectivity index (χ1v) is 6.00. The molecular formula is C12H17N3O2. The summed E-state index contributed by atoms with van der Waals surface area (Å²) in [4.78, 5) is 21.6. The van der Waals surface area contributed by atoms with E-state index in [0.29, 0.717) is 12.8 Å². The summed E-state index contributed by atoms with van der Waals surface area (Å²) in [6, 6.07) is 1.89. The van der Waals surface area contributed by atoms with Crippen LogP contribution >= 0.6 is 0 Å². The zero-order chi connectivity index (χ0) is 12.3. The molecule has 1 aromatic rings. The Hall–Kier alpha value is -1.65. The van der Waals surface area contributed by atoms with Crippen molar-refractivity contribution in [3.8, 4) is 0 Å². The number of piperidine rings is 1. The third-order valence-electron chi connectivity index (χ3n) is 3.18. The fourth-order valence-corrected chi connectivity index (χ4v) is 2.09. The molecule has 92 valence electrons. The van der Waals surface area contributed by atoms with Gasteiger partial charge in [0.25, 0.3) is 0 Å². The third-order valence-corrected chi connectivity index (χ3v) is 3.18. The minimum absolute atomic E-state index is 0.196. The lowest BCUT2D eigenvalue weighted by Gasteiger charge is -2.31. The van der Waals surface area contributed by atoms with Crippen LogP contribution in [0, 0.1) is 5.92 Å². The van der Waals surface area contributed by atoms with E-state index in [4.69, 9.17) is 5.11 Å². The average molecular weight is 235 g/mol. The molecule has 0 amide bonds. The molecule has 0 aliphatic carbocycles. The predicted octanol–water partition coefficient (Wildman–Crippen LogP) is 1.34. The number of anilines is 1. The third kappa shape index (κ3) is 2.72. The molecule has 1 aliphatic rings. The van der Waals surface area contributed by atoms with E-state index in [-0.39, 0.29) is 5.92 Å². The van der Waals surface area contributed by atoms with Crippen molar-refractivity contribution in [3.63, 3.8) is 0 Å². The van der Waals surface area contributed by atoms with Crippen LogP contribution in [-0.2, 0) is 11.2 Å². The Morgan fingerprint density at radius 3 is 2.82 bits per heavy atom. The Kier molecular flexibility index (Phi) is 3.56. The van der Waals surface area contributed by atoms with Crippen LogP contribution in [0.2, 0.25) is 0 Å². The normalized spacial score (nSPS) is 17.1. The quantitative estimate of drug-likeness (QED) is 0.856. The minimum Gasteiger partial charge on any atom is -0.481 e. The molecule has 0 unspecified atom stereocenters. The molecule has 1 aromatic heterocycles. The first-order valence-electron chi connectivity index (χ1n) is 6.00. The highest BCUT2D eigenvalue weighted by molar-refractivity contribution is 5.70. The second kappa shape index (κ2) is 5.12. The standard InChI is InChI=1S/C12H17N3O2/c1-2-10-13-6-3-11(14-10)15-7-4-9(5-8-15)12(16)17/h3,6,9H,2,4-5,7-8H2,1H3,(H,16,17). The van der Waals surface area contributed by atoms with Gasteiger partial charge in [-0.05, 0) is 18.9 Å². The van der Waals surface area contributed by atoms with Crippen LogP contribution in [0.3, 0.4) is 0 Å². The van der Waals surface area contributed by atoms with Gasteiger partial charge in [0.05, 0.1) is 5.92 Å². The van der Waals surface area contributed by atoms with Gasteiger partial charge in [0.2, 0.25) is 0 Å². The van der Waals surface area contributed by atoms with E-state index in [2.05, 4.69) is 14.9 Å². The van der Waals surface area contributed by atoms with Crippen LogP contribution in [0.15, 0.2) is 12.3 Å². The molecule has 1 N–H and O–H groups in total. The van der Waals surface area contributed by atoms with Crippen molar-refractivity contribution in [2.24, 2.45) is 5.92 Å². The first-order chi connectivity index (χ1) is 8.20. The van der Waals surface area contributed by atoms with Gasteiger partial charge in [-0.2, -0.15) is 0 Å². The van der Waals surface area contributed by atoms with Gasteiger partial charge < -0.3 is 10.0 Å². The largest absolute Gasteiger partial charge is 0.481 e. The van der Waals surface area contributed by atoms with Crippen LogP contribution in [0.1, 0.15) is 25.6 Å². The lowest BCUT2D eigenvalue weighted by atomic mass is 9.97. The average Bonchev–Trinajstić information content (AvgIpc) is 2.39. The monoisotopic (exact) mass is 235 g/mol. The molecule has 0 bridgehead atoms. The molecular weight excluding hydrogens is 218 g/mol. The van der Waals surface area contributed by atoms with Crippen LogP contribution in [0.5, 0.6) is 0 Å². The number of hydrogen-bond acceptors (Lipinski definition) is 4. The second-order valence-corrected chi connectivity index (χ2v) is 4.28. The van der Waals surface area contributed by atoms with Crippen molar-refractivity contribution in [2.75, 3.05) is 18.0 Å². The molecule has 0 saturated carbocycles. The SMILES string of the molecule is CCc1nccc(N2CCC(C(=O)O)CC2)n1. The van der Waals surface area contributed by atoms with Crippen molar-refractivity contribution in [2.45, 2.75) is 26.2 Å². The summed E-state index contributed by atoms with van der Waals surface area (Å²) < 4.78 is 0. The van der Waals surface area contributed by atoms with Gasteiger partial charge in [0.1, 0.15) is 11.6 Å². The number of carboxylic acid groups (broad SMARTS) is 1. The van der Waals surface area contributed by atoms with Crippen molar-refractivity contribution >= 4 is 11.8 Å². The maximum atomic E-state index is 10.9. The summed E-state index contributed by atoms with van der Waals surface area (Å²) in [7, 11) is 0. The van der Waals surface area contributed by atoms with Gasteiger partial charge in [0.15, 0.2) is 0 Å². The fraction of sp³-hybridized carbons (Fsp3) is 0.583. The molecule has 0 spiro atoms. The molecule has 2 rings (SSSR count). The topological polar surface area (TPSA) is 66.3 Å². The Bertz CT molecular complexity index is 400. The Morgan fingerprint density at radius 2 is 2.24 bits per heavy atom. The summed E-state index contributed by atoms with van der Waals surface area (Å²) in [5.41, 5.74) is 0. The maximum absolute atomic E-state index is 10.9. The summed E-state index contributed by atoms with van der Waals surface area (Å²) in [5.74, 6) is 0.879. The van der Waals surface area contributed by atoms with Crippen molar-refractivity contribution < 1.29 is 9.90 Å². The highest BCUT2D eigenvalue weighted by atomic mass is 16.4. The van der Waals surface area contributed by atoms with Gasteiger partial charge in [-0.3, -0.25) is 4.79 Å². The van der Waals surface area contributed by atoms with Crippen LogP contribution in [-0.4, -0.2) is 34.1 Å². The second-order valence-electron chi connectivity index (χ2n) is 4.28. The van der Waals surface area contributed by atoms with Crippen LogP contribution < -0.4 is 4.90 Å². The van der Waals surface area contributed by atoms with Gasteiger partial charge in [0, 0.05) is 25.7 Å².